The van der Waals surface area contributed by atoms with Crippen molar-refractivity contribution in [1.29, 1.82) is 0 Å². The minimum Gasteiger partial charge on any atom is -0.497 e. The van der Waals surface area contributed by atoms with Gasteiger partial charge in [-0.05, 0) is 48.2 Å². The van der Waals surface area contributed by atoms with E-state index in [-0.39, 0.29) is 17.8 Å². The molecular formula is C23H27FN2O2. The SMILES string of the molecule is CCC(NC(=O)C1=CCN(Cc2ccc(F)cc2)CC1)c1ccc(OC)cc1. The summed E-state index contributed by atoms with van der Waals surface area (Å²) in [6, 6.07) is 14.4. The van der Waals surface area contributed by atoms with Crippen molar-refractivity contribution in [2.24, 2.45) is 0 Å². The van der Waals surface area contributed by atoms with Gasteiger partial charge in [0.05, 0.1) is 13.2 Å². The Morgan fingerprint density at radius 2 is 1.89 bits per heavy atom. The molecule has 0 aromatic heterocycles. The molecule has 148 valence electrons. The lowest BCUT2D eigenvalue weighted by atomic mass is 10.0. The van der Waals surface area contributed by atoms with Crippen molar-refractivity contribution < 1.29 is 13.9 Å². The van der Waals surface area contributed by atoms with Gasteiger partial charge in [0, 0.05) is 25.2 Å². The predicted molar refractivity (Wildman–Crippen MR) is 109 cm³/mol. The number of carbonyl (C=O) groups is 1. The van der Waals surface area contributed by atoms with Crippen LogP contribution in [0.2, 0.25) is 0 Å². The Kier molecular flexibility index (Phi) is 6.82. The summed E-state index contributed by atoms with van der Waals surface area (Å²) in [6.45, 7) is 4.36. The van der Waals surface area contributed by atoms with Crippen molar-refractivity contribution in [2.45, 2.75) is 32.4 Å². The Morgan fingerprint density at radius 3 is 2.46 bits per heavy atom. The highest BCUT2D eigenvalue weighted by atomic mass is 19.1. The topological polar surface area (TPSA) is 41.6 Å². The Morgan fingerprint density at radius 1 is 1.18 bits per heavy atom. The van der Waals surface area contributed by atoms with Crippen LogP contribution in [0.4, 0.5) is 4.39 Å². The molecule has 1 aliphatic rings. The van der Waals surface area contributed by atoms with Crippen LogP contribution in [0.3, 0.4) is 0 Å². The normalized spacial score (nSPS) is 15.6. The lowest BCUT2D eigenvalue weighted by Crippen LogP contribution is -2.35. The second-order valence-electron chi connectivity index (χ2n) is 7.05. The Balaban J connectivity index is 1.56. The van der Waals surface area contributed by atoms with Gasteiger partial charge in [-0.1, -0.05) is 37.3 Å². The Labute approximate surface area is 166 Å². The fraction of sp³-hybridized carbons (Fsp3) is 0.348. The Hall–Kier alpha value is -2.66. The van der Waals surface area contributed by atoms with Gasteiger partial charge in [-0.2, -0.15) is 0 Å². The van der Waals surface area contributed by atoms with Gasteiger partial charge in [0.2, 0.25) is 5.91 Å². The molecule has 0 spiro atoms. The summed E-state index contributed by atoms with van der Waals surface area (Å²) >= 11 is 0. The number of hydrogen-bond donors (Lipinski definition) is 1. The maximum atomic E-state index is 13.0. The van der Waals surface area contributed by atoms with Crippen LogP contribution >= 0.6 is 0 Å². The van der Waals surface area contributed by atoms with Gasteiger partial charge in [0.15, 0.2) is 0 Å². The molecule has 0 radical (unpaired) electrons. The second kappa shape index (κ2) is 9.51. The monoisotopic (exact) mass is 382 g/mol. The van der Waals surface area contributed by atoms with Gasteiger partial charge in [-0.25, -0.2) is 4.39 Å². The largest absolute Gasteiger partial charge is 0.497 e. The summed E-state index contributed by atoms with van der Waals surface area (Å²) in [5, 5.41) is 3.15. The summed E-state index contributed by atoms with van der Waals surface area (Å²) < 4.78 is 18.2. The summed E-state index contributed by atoms with van der Waals surface area (Å²) in [5.41, 5.74) is 2.99. The van der Waals surface area contributed by atoms with Gasteiger partial charge >= 0.3 is 0 Å². The first-order valence-electron chi connectivity index (χ1n) is 9.69. The highest BCUT2D eigenvalue weighted by Gasteiger charge is 2.20. The molecule has 1 N–H and O–H groups in total. The number of methoxy groups -OCH3 is 1. The van der Waals surface area contributed by atoms with E-state index < -0.39 is 0 Å². The van der Waals surface area contributed by atoms with Crippen molar-refractivity contribution in [1.82, 2.24) is 10.2 Å². The van der Waals surface area contributed by atoms with Crippen LogP contribution in [0.1, 0.15) is 36.9 Å². The summed E-state index contributed by atoms with van der Waals surface area (Å²) in [5.74, 6) is 0.592. The third-order valence-corrected chi connectivity index (χ3v) is 5.14. The van der Waals surface area contributed by atoms with Gasteiger partial charge in [0.1, 0.15) is 11.6 Å². The molecule has 0 bridgehead atoms. The van der Waals surface area contributed by atoms with Crippen molar-refractivity contribution in [3.05, 3.63) is 77.1 Å². The smallest absolute Gasteiger partial charge is 0.247 e. The molecule has 28 heavy (non-hydrogen) atoms. The molecule has 3 rings (SSSR count). The molecule has 1 heterocycles. The number of benzene rings is 2. The minimum absolute atomic E-state index is 0.00380. The number of carbonyl (C=O) groups excluding carboxylic acids is 1. The van der Waals surface area contributed by atoms with E-state index in [1.165, 1.54) is 12.1 Å². The maximum Gasteiger partial charge on any atom is 0.247 e. The molecule has 1 amide bonds. The number of nitrogens with zero attached hydrogens (tertiary/aromatic N) is 1. The van der Waals surface area contributed by atoms with Gasteiger partial charge in [-0.3, -0.25) is 9.69 Å². The molecule has 2 aromatic rings. The van der Waals surface area contributed by atoms with E-state index in [4.69, 9.17) is 4.74 Å². The van der Waals surface area contributed by atoms with Crippen molar-refractivity contribution >= 4 is 5.91 Å². The predicted octanol–water partition coefficient (Wildman–Crippen LogP) is 4.23. The maximum absolute atomic E-state index is 13.0. The van der Waals surface area contributed by atoms with E-state index in [0.29, 0.717) is 6.42 Å². The zero-order valence-electron chi connectivity index (χ0n) is 16.5. The van der Waals surface area contributed by atoms with Crippen molar-refractivity contribution in [2.75, 3.05) is 20.2 Å². The van der Waals surface area contributed by atoms with E-state index in [1.807, 2.05) is 42.5 Å². The van der Waals surface area contributed by atoms with Crippen LogP contribution < -0.4 is 10.1 Å². The molecule has 0 aliphatic carbocycles. The second-order valence-corrected chi connectivity index (χ2v) is 7.05. The zero-order chi connectivity index (χ0) is 19.9. The molecule has 4 nitrogen and oxygen atoms in total. The highest BCUT2D eigenvalue weighted by molar-refractivity contribution is 5.93. The first-order chi connectivity index (χ1) is 13.6. The van der Waals surface area contributed by atoms with Gasteiger partial charge < -0.3 is 10.1 Å². The molecule has 1 unspecified atom stereocenters. The molecule has 1 atom stereocenters. The highest BCUT2D eigenvalue weighted by Crippen LogP contribution is 2.22. The van der Waals surface area contributed by atoms with Crippen LogP contribution in [0, 0.1) is 5.82 Å². The van der Waals surface area contributed by atoms with Crippen LogP contribution in [-0.2, 0) is 11.3 Å². The Bertz CT molecular complexity index is 816. The first-order valence-corrected chi connectivity index (χ1v) is 9.69. The summed E-state index contributed by atoms with van der Waals surface area (Å²) in [7, 11) is 1.64. The first kappa shape index (κ1) is 20.1. The average Bonchev–Trinajstić information content (AvgIpc) is 2.74. The molecule has 0 saturated carbocycles. The third kappa shape index (κ3) is 5.20. The van der Waals surface area contributed by atoms with E-state index in [2.05, 4.69) is 17.1 Å². The van der Waals surface area contributed by atoms with E-state index in [9.17, 15) is 9.18 Å². The van der Waals surface area contributed by atoms with E-state index in [0.717, 1.165) is 48.5 Å². The van der Waals surface area contributed by atoms with E-state index in [1.54, 1.807) is 7.11 Å². The molecule has 5 heteroatoms. The number of ether oxygens (including phenoxy) is 1. The standard InChI is InChI=1S/C23H27FN2O2/c1-3-22(18-6-10-21(28-2)11-7-18)25-23(27)19-12-14-26(15-13-19)16-17-4-8-20(24)9-5-17/h4-12,22H,3,13-16H2,1-2H3,(H,25,27). The van der Waals surface area contributed by atoms with Crippen LogP contribution in [-0.4, -0.2) is 31.0 Å². The van der Waals surface area contributed by atoms with Crippen LogP contribution in [0.15, 0.2) is 60.2 Å². The molecule has 2 aromatic carbocycles. The minimum atomic E-state index is -0.219. The summed E-state index contributed by atoms with van der Waals surface area (Å²) in [4.78, 5) is 15.0. The fourth-order valence-electron chi connectivity index (χ4n) is 3.42. The third-order valence-electron chi connectivity index (χ3n) is 5.14. The van der Waals surface area contributed by atoms with Gasteiger partial charge in [0.25, 0.3) is 0 Å². The number of hydrogen-bond acceptors (Lipinski definition) is 3. The lowest BCUT2D eigenvalue weighted by Gasteiger charge is -2.27. The van der Waals surface area contributed by atoms with Crippen LogP contribution in [0.25, 0.3) is 0 Å². The number of rotatable bonds is 7. The van der Waals surface area contributed by atoms with Crippen LogP contribution in [0.5, 0.6) is 5.75 Å². The number of halogens is 1. The van der Waals surface area contributed by atoms with Crippen molar-refractivity contribution in [3.63, 3.8) is 0 Å². The fourth-order valence-corrected chi connectivity index (χ4v) is 3.42. The molecular weight excluding hydrogens is 355 g/mol. The number of amides is 1. The number of nitrogens with one attached hydrogen (secondary N) is 1. The zero-order valence-corrected chi connectivity index (χ0v) is 16.5. The molecule has 0 saturated heterocycles. The molecule has 1 aliphatic heterocycles. The lowest BCUT2D eigenvalue weighted by molar-refractivity contribution is -0.118. The average molecular weight is 382 g/mol. The molecule has 0 fully saturated rings. The van der Waals surface area contributed by atoms with Gasteiger partial charge in [-0.15, -0.1) is 0 Å². The van der Waals surface area contributed by atoms with E-state index >= 15 is 0 Å². The van der Waals surface area contributed by atoms with Crippen molar-refractivity contribution in [3.8, 4) is 5.75 Å². The quantitative estimate of drug-likeness (QED) is 0.779. The summed E-state index contributed by atoms with van der Waals surface area (Å²) in [6.07, 6.45) is 3.54.